The number of hydrogen-bond donors (Lipinski definition) is 2. The highest BCUT2D eigenvalue weighted by atomic mass is 16.3. The summed E-state index contributed by atoms with van der Waals surface area (Å²) in [5.74, 6) is 0.255. The Hall–Kier alpha value is -3.53. The van der Waals surface area contributed by atoms with Crippen molar-refractivity contribution in [2.24, 2.45) is 4.99 Å². The summed E-state index contributed by atoms with van der Waals surface area (Å²) in [7, 11) is 1.94. The predicted octanol–water partition coefficient (Wildman–Crippen LogP) is 6.59. The van der Waals surface area contributed by atoms with Crippen LogP contribution in [0.1, 0.15) is 25.3 Å². The second-order valence-corrected chi connectivity index (χ2v) is 7.85. The van der Waals surface area contributed by atoms with E-state index in [9.17, 15) is 10.2 Å². The van der Waals surface area contributed by atoms with Crippen LogP contribution in [0, 0.1) is 0 Å². The molecule has 0 bridgehead atoms. The largest absolute Gasteiger partial charge is 0.505 e. The van der Waals surface area contributed by atoms with Crippen molar-refractivity contribution in [2.45, 2.75) is 26.2 Å². The molecule has 0 radical (unpaired) electrons. The first kappa shape index (κ1) is 20.7. The summed E-state index contributed by atoms with van der Waals surface area (Å²) in [6.45, 7) is 2.76. The number of anilines is 1. The number of aliphatic imine (C=N–C) groups is 1. The minimum Gasteiger partial charge on any atom is -0.505 e. The SMILES string of the molecule is CCCC=Nc1c(N(C)CCc2cccc3ccccc23)c(O)c2ccccc2c1O. The van der Waals surface area contributed by atoms with E-state index in [1.54, 1.807) is 0 Å². The zero-order valence-electron chi connectivity index (χ0n) is 18.0. The maximum Gasteiger partial charge on any atom is 0.151 e. The zero-order valence-corrected chi connectivity index (χ0v) is 18.0. The molecule has 4 heteroatoms. The van der Waals surface area contributed by atoms with Crippen molar-refractivity contribution in [1.82, 2.24) is 0 Å². The number of fused-ring (bicyclic) bond motifs is 2. The molecule has 0 aliphatic rings. The highest BCUT2D eigenvalue weighted by Gasteiger charge is 2.21. The first-order chi connectivity index (χ1) is 15.1. The number of phenols is 2. The molecule has 31 heavy (non-hydrogen) atoms. The molecule has 0 spiro atoms. The van der Waals surface area contributed by atoms with Crippen LogP contribution >= 0.6 is 0 Å². The average Bonchev–Trinajstić information content (AvgIpc) is 2.81. The predicted molar refractivity (Wildman–Crippen MR) is 131 cm³/mol. The lowest BCUT2D eigenvalue weighted by molar-refractivity contribution is 0.470. The Morgan fingerprint density at radius 2 is 1.48 bits per heavy atom. The Labute approximate surface area is 183 Å². The highest BCUT2D eigenvalue weighted by Crippen LogP contribution is 2.49. The highest BCUT2D eigenvalue weighted by molar-refractivity contribution is 6.04. The average molecular weight is 413 g/mol. The lowest BCUT2D eigenvalue weighted by Gasteiger charge is -2.24. The Bertz CT molecular complexity index is 1240. The van der Waals surface area contributed by atoms with E-state index in [4.69, 9.17) is 0 Å². The first-order valence-electron chi connectivity index (χ1n) is 10.8. The third-order valence-corrected chi connectivity index (χ3v) is 5.73. The van der Waals surface area contributed by atoms with Gasteiger partial charge in [0.2, 0.25) is 0 Å². The van der Waals surface area contributed by atoms with Gasteiger partial charge in [-0.05, 0) is 29.2 Å². The van der Waals surface area contributed by atoms with Gasteiger partial charge in [-0.3, -0.25) is 4.99 Å². The van der Waals surface area contributed by atoms with Crippen LogP contribution in [0.4, 0.5) is 11.4 Å². The summed E-state index contributed by atoms with van der Waals surface area (Å²) < 4.78 is 0. The van der Waals surface area contributed by atoms with E-state index in [1.165, 1.54) is 16.3 Å². The molecule has 0 aliphatic carbocycles. The van der Waals surface area contributed by atoms with Gasteiger partial charge in [0.15, 0.2) is 5.75 Å². The van der Waals surface area contributed by atoms with Gasteiger partial charge < -0.3 is 15.1 Å². The second kappa shape index (κ2) is 9.09. The lowest BCUT2D eigenvalue weighted by Crippen LogP contribution is -2.20. The fourth-order valence-electron chi connectivity index (χ4n) is 4.05. The fraction of sp³-hybridized carbons (Fsp3) is 0.222. The van der Waals surface area contributed by atoms with Gasteiger partial charge >= 0.3 is 0 Å². The molecule has 4 aromatic carbocycles. The summed E-state index contributed by atoms with van der Waals surface area (Å²) >= 11 is 0. The minimum absolute atomic E-state index is 0.104. The summed E-state index contributed by atoms with van der Waals surface area (Å²) in [6.07, 6.45) is 4.40. The van der Waals surface area contributed by atoms with Crippen molar-refractivity contribution in [3.8, 4) is 11.5 Å². The molecule has 0 aromatic heterocycles. The molecule has 0 saturated heterocycles. The van der Waals surface area contributed by atoms with Crippen molar-refractivity contribution in [3.05, 3.63) is 72.3 Å². The number of nitrogens with zero attached hydrogens (tertiary/aromatic N) is 2. The summed E-state index contributed by atoms with van der Waals surface area (Å²) in [5, 5.41) is 25.8. The lowest BCUT2D eigenvalue weighted by atomic mass is 10.0. The van der Waals surface area contributed by atoms with Crippen LogP contribution in [0.25, 0.3) is 21.5 Å². The van der Waals surface area contributed by atoms with E-state index in [0.717, 1.165) is 19.3 Å². The standard InChI is InChI=1S/C27H28N2O2/c1-3-4-17-28-24-25(27(31)23-15-8-7-14-22(23)26(24)30)29(2)18-16-20-12-9-11-19-10-5-6-13-21(19)20/h5-15,17,30-31H,3-4,16,18H2,1-2H3. The van der Waals surface area contributed by atoms with Crippen molar-refractivity contribution < 1.29 is 10.2 Å². The van der Waals surface area contributed by atoms with Crippen LogP contribution in [0.3, 0.4) is 0 Å². The summed E-state index contributed by atoms with van der Waals surface area (Å²) in [5.41, 5.74) is 2.24. The van der Waals surface area contributed by atoms with Crippen LogP contribution in [0.2, 0.25) is 0 Å². The maximum absolute atomic E-state index is 11.1. The summed E-state index contributed by atoms with van der Waals surface area (Å²) in [4.78, 5) is 6.54. The van der Waals surface area contributed by atoms with Gasteiger partial charge in [0, 0.05) is 30.6 Å². The zero-order chi connectivity index (χ0) is 21.8. The van der Waals surface area contributed by atoms with Crippen LogP contribution < -0.4 is 4.90 Å². The third kappa shape index (κ3) is 4.06. The van der Waals surface area contributed by atoms with E-state index >= 15 is 0 Å². The van der Waals surface area contributed by atoms with E-state index in [1.807, 2.05) is 42.4 Å². The quantitative estimate of drug-likeness (QED) is 0.266. The van der Waals surface area contributed by atoms with Gasteiger partial charge in [-0.2, -0.15) is 0 Å². The number of aromatic hydroxyl groups is 2. The van der Waals surface area contributed by atoms with E-state index in [2.05, 4.69) is 54.4 Å². The smallest absolute Gasteiger partial charge is 0.151 e. The molecule has 0 atom stereocenters. The van der Waals surface area contributed by atoms with Crippen LogP contribution in [-0.2, 0) is 6.42 Å². The molecule has 0 fully saturated rings. The van der Waals surface area contributed by atoms with Crippen LogP contribution in [-0.4, -0.2) is 30.0 Å². The van der Waals surface area contributed by atoms with Gasteiger partial charge in [0.1, 0.15) is 17.1 Å². The Kier molecular flexibility index (Phi) is 6.08. The molecule has 0 aliphatic heterocycles. The normalized spacial score (nSPS) is 11.5. The summed E-state index contributed by atoms with van der Waals surface area (Å²) in [6, 6.07) is 22.1. The van der Waals surface area contributed by atoms with Crippen molar-refractivity contribution in [3.63, 3.8) is 0 Å². The molecular formula is C27H28N2O2. The molecule has 4 nitrogen and oxygen atoms in total. The second-order valence-electron chi connectivity index (χ2n) is 7.85. The van der Waals surface area contributed by atoms with Gasteiger partial charge in [-0.1, -0.05) is 80.1 Å². The molecule has 2 N–H and O–H groups in total. The van der Waals surface area contributed by atoms with Crippen LogP contribution in [0.15, 0.2) is 71.7 Å². The van der Waals surface area contributed by atoms with E-state index in [0.29, 0.717) is 28.7 Å². The number of likely N-dealkylation sites (N-methyl/N-ethyl adjacent to an activating group) is 1. The van der Waals surface area contributed by atoms with Gasteiger partial charge in [0.25, 0.3) is 0 Å². The molecule has 0 heterocycles. The van der Waals surface area contributed by atoms with Gasteiger partial charge in [-0.25, -0.2) is 0 Å². The number of benzene rings is 4. The fourth-order valence-corrected chi connectivity index (χ4v) is 4.05. The van der Waals surface area contributed by atoms with Crippen LogP contribution in [0.5, 0.6) is 11.5 Å². The first-order valence-corrected chi connectivity index (χ1v) is 10.8. The van der Waals surface area contributed by atoms with Crippen molar-refractivity contribution in [1.29, 1.82) is 0 Å². The third-order valence-electron chi connectivity index (χ3n) is 5.73. The minimum atomic E-state index is 0.104. The van der Waals surface area contributed by atoms with Gasteiger partial charge in [0.05, 0.1) is 0 Å². The molecule has 0 amide bonds. The molecule has 0 saturated carbocycles. The Morgan fingerprint density at radius 3 is 2.23 bits per heavy atom. The van der Waals surface area contributed by atoms with Crippen molar-refractivity contribution >= 4 is 39.1 Å². The number of phenolic OH excluding ortho intramolecular Hbond substituents is 2. The number of hydrogen-bond acceptors (Lipinski definition) is 4. The molecular weight excluding hydrogens is 384 g/mol. The number of rotatable bonds is 7. The Morgan fingerprint density at radius 1 is 0.839 bits per heavy atom. The molecule has 4 aromatic rings. The molecule has 4 rings (SSSR count). The molecule has 0 unspecified atom stereocenters. The van der Waals surface area contributed by atoms with E-state index in [-0.39, 0.29) is 11.5 Å². The number of unbranched alkanes of at least 4 members (excludes halogenated alkanes) is 1. The monoisotopic (exact) mass is 412 g/mol. The maximum atomic E-state index is 11.1. The van der Waals surface area contributed by atoms with Gasteiger partial charge in [-0.15, -0.1) is 0 Å². The van der Waals surface area contributed by atoms with E-state index < -0.39 is 0 Å². The molecule has 158 valence electrons. The Balaban J connectivity index is 1.73. The topological polar surface area (TPSA) is 56.1 Å². The van der Waals surface area contributed by atoms with Crippen molar-refractivity contribution in [2.75, 3.05) is 18.5 Å².